The molecule has 3 fully saturated rings. The molecule has 0 heterocycles. The summed E-state index contributed by atoms with van der Waals surface area (Å²) in [5.74, 6) is 4.08. The highest BCUT2D eigenvalue weighted by molar-refractivity contribution is 5.16. The van der Waals surface area contributed by atoms with Crippen molar-refractivity contribution in [2.24, 2.45) is 23.7 Å². The fourth-order valence-electron chi connectivity index (χ4n) is 4.37. The summed E-state index contributed by atoms with van der Waals surface area (Å²) in [7, 11) is 0. The Morgan fingerprint density at radius 2 is 1.65 bits per heavy atom. The molecule has 3 nitrogen and oxygen atoms in total. The van der Waals surface area contributed by atoms with E-state index >= 15 is 0 Å². The smallest absolute Gasteiger partial charge is 0.169 e. The van der Waals surface area contributed by atoms with Crippen LogP contribution in [0, 0.1) is 23.7 Å². The van der Waals surface area contributed by atoms with Gasteiger partial charge in [0, 0.05) is 25.8 Å². The van der Waals surface area contributed by atoms with Crippen molar-refractivity contribution in [1.82, 2.24) is 5.32 Å². The minimum atomic E-state index is -0.0519. The predicted octanol–water partition coefficient (Wildman–Crippen LogP) is 2.02. The third kappa shape index (κ3) is 2.13. The second-order valence-electron chi connectivity index (χ2n) is 5.76. The van der Waals surface area contributed by atoms with Crippen LogP contribution in [0.15, 0.2) is 0 Å². The van der Waals surface area contributed by atoms with Gasteiger partial charge in [-0.3, -0.25) is 0 Å². The number of fused-ring (bicyclic) bond motifs is 5. The van der Waals surface area contributed by atoms with E-state index in [0.29, 0.717) is 0 Å². The van der Waals surface area contributed by atoms with Crippen LogP contribution >= 0.6 is 0 Å². The van der Waals surface area contributed by atoms with Gasteiger partial charge in [-0.25, -0.2) is 0 Å². The Balaban J connectivity index is 1.43. The van der Waals surface area contributed by atoms with Crippen molar-refractivity contribution >= 4 is 0 Å². The number of hydrogen-bond donors (Lipinski definition) is 1. The first kappa shape index (κ1) is 11.9. The van der Waals surface area contributed by atoms with Crippen LogP contribution in [0.3, 0.4) is 0 Å². The van der Waals surface area contributed by atoms with E-state index in [0.717, 1.165) is 49.5 Å². The van der Waals surface area contributed by atoms with Crippen molar-refractivity contribution in [2.45, 2.75) is 45.4 Å². The molecular weight excluding hydrogens is 214 g/mol. The number of nitrogens with one attached hydrogen (secondary N) is 1. The quantitative estimate of drug-likeness (QED) is 0.689. The van der Waals surface area contributed by atoms with Crippen LogP contribution in [0.1, 0.15) is 33.1 Å². The SMILES string of the molecule is CCOC(CNC1C2C3CCC(C3)C12)OCC. The Morgan fingerprint density at radius 3 is 2.18 bits per heavy atom. The molecule has 0 spiro atoms. The lowest BCUT2D eigenvalue weighted by atomic mass is 10.0. The number of rotatable bonds is 7. The maximum absolute atomic E-state index is 5.57. The van der Waals surface area contributed by atoms with E-state index in [9.17, 15) is 0 Å². The highest BCUT2D eigenvalue weighted by atomic mass is 16.7. The first-order chi connectivity index (χ1) is 8.35. The molecule has 0 radical (unpaired) electrons. The topological polar surface area (TPSA) is 30.5 Å². The molecule has 0 saturated heterocycles. The Bertz CT molecular complexity index is 249. The van der Waals surface area contributed by atoms with Gasteiger partial charge in [-0.1, -0.05) is 0 Å². The van der Waals surface area contributed by atoms with Gasteiger partial charge in [0.25, 0.3) is 0 Å². The van der Waals surface area contributed by atoms with E-state index in [2.05, 4.69) is 5.32 Å². The molecule has 0 aliphatic heterocycles. The summed E-state index contributed by atoms with van der Waals surface area (Å²) in [6.45, 7) is 6.37. The molecule has 1 N–H and O–H groups in total. The average molecular weight is 239 g/mol. The van der Waals surface area contributed by atoms with Gasteiger partial charge in [-0.2, -0.15) is 0 Å². The molecule has 3 saturated carbocycles. The van der Waals surface area contributed by atoms with Crippen molar-refractivity contribution in [3.63, 3.8) is 0 Å². The van der Waals surface area contributed by atoms with Crippen molar-refractivity contribution in [3.8, 4) is 0 Å². The fraction of sp³-hybridized carbons (Fsp3) is 1.00. The Labute approximate surface area is 104 Å². The normalized spacial score (nSPS) is 42.2. The van der Waals surface area contributed by atoms with Gasteiger partial charge in [-0.15, -0.1) is 0 Å². The molecule has 3 aliphatic rings. The molecule has 4 unspecified atom stereocenters. The molecule has 4 atom stereocenters. The average Bonchev–Trinajstić information content (AvgIpc) is 2.72. The Kier molecular flexibility index (Phi) is 3.42. The van der Waals surface area contributed by atoms with Crippen LogP contribution in [0.5, 0.6) is 0 Å². The van der Waals surface area contributed by atoms with Gasteiger partial charge in [0.2, 0.25) is 0 Å². The summed E-state index contributed by atoms with van der Waals surface area (Å²) in [6.07, 6.45) is 4.45. The summed E-state index contributed by atoms with van der Waals surface area (Å²) >= 11 is 0. The van der Waals surface area contributed by atoms with Crippen molar-refractivity contribution < 1.29 is 9.47 Å². The lowest BCUT2D eigenvalue weighted by molar-refractivity contribution is -0.133. The molecule has 0 amide bonds. The van der Waals surface area contributed by atoms with Crippen molar-refractivity contribution in [1.29, 1.82) is 0 Å². The van der Waals surface area contributed by atoms with Crippen LogP contribution in [-0.2, 0) is 9.47 Å². The molecule has 3 rings (SSSR count). The first-order valence-corrected chi connectivity index (χ1v) is 7.31. The molecule has 0 aromatic rings. The number of ether oxygens (including phenoxy) is 2. The van der Waals surface area contributed by atoms with Crippen LogP contribution in [-0.4, -0.2) is 32.1 Å². The number of hydrogen-bond acceptors (Lipinski definition) is 3. The third-order valence-corrected chi connectivity index (χ3v) is 4.96. The summed E-state index contributed by atoms with van der Waals surface area (Å²) in [4.78, 5) is 0. The lowest BCUT2D eigenvalue weighted by Gasteiger charge is -2.18. The second kappa shape index (κ2) is 4.87. The molecule has 98 valence electrons. The molecule has 3 aliphatic carbocycles. The van der Waals surface area contributed by atoms with Crippen LogP contribution < -0.4 is 5.32 Å². The van der Waals surface area contributed by atoms with Crippen LogP contribution in [0.4, 0.5) is 0 Å². The van der Waals surface area contributed by atoms with Gasteiger partial charge >= 0.3 is 0 Å². The monoisotopic (exact) mass is 239 g/mol. The standard InChI is InChI=1S/C14H25NO2/c1-3-16-11(17-4-2)8-15-14-12-9-5-6-10(7-9)13(12)14/h9-15H,3-8H2,1-2H3. The van der Waals surface area contributed by atoms with E-state index < -0.39 is 0 Å². The van der Waals surface area contributed by atoms with Gasteiger partial charge in [0.1, 0.15) is 0 Å². The van der Waals surface area contributed by atoms with Gasteiger partial charge < -0.3 is 14.8 Å². The first-order valence-electron chi connectivity index (χ1n) is 7.31. The van der Waals surface area contributed by atoms with Gasteiger partial charge in [0.05, 0.1) is 0 Å². The summed E-state index contributed by atoms with van der Waals surface area (Å²) in [5, 5.41) is 3.68. The predicted molar refractivity (Wildman–Crippen MR) is 66.6 cm³/mol. The Morgan fingerprint density at radius 1 is 1.06 bits per heavy atom. The van der Waals surface area contributed by atoms with E-state index in [1.165, 1.54) is 19.3 Å². The maximum Gasteiger partial charge on any atom is 0.169 e. The highest BCUT2D eigenvalue weighted by Gasteiger charge is 2.64. The lowest BCUT2D eigenvalue weighted by Crippen LogP contribution is -2.35. The Hall–Kier alpha value is -0.120. The van der Waals surface area contributed by atoms with E-state index in [-0.39, 0.29) is 6.29 Å². The van der Waals surface area contributed by atoms with E-state index in [1.807, 2.05) is 13.8 Å². The molecular formula is C14H25NO2. The highest BCUT2D eigenvalue weighted by Crippen LogP contribution is 2.65. The third-order valence-electron chi connectivity index (χ3n) is 4.96. The summed E-state index contributed by atoms with van der Waals surface area (Å²) in [6, 6.07) is 0.782. The largest absolute Gasteiger partial charge is 0.352 e. The molecule has 17 heavy (non-hydrogen) atoms. The van der Waals surface area contributed by atoms with E-state index in [4.69, 9.17) is 9.47 Å². The van der Waals surface area contributed by atoms with Crippen LogP contribution in [0.2, 0.25) is 0 Å². The maximum atomic E-state index is 5.57. The molecule has 3 heteroatoms. The summed E-state index contributed by atoms with van der Waals surface area (Å²) < 4.78 is 11.1. The van der Waals surface area contributed by atoms with E-state index in [1.54, 1.807) is 0 Å². The van der Waals surface area contributed by atoms with Crippen LogP contribution in [0.25, 0.3) is 0 Å². The minimum Gasteiger partial charge on any atom is -0.352 e. The second-order valence-corrected chi connectivity index (χ2v) is 5.76. The molecule has 0 aromatic heterocycles. The zero-order chi connectivity index (χ0) is 11.8. The molecule has 0 aromatic carbocycles. The zero-order valence-electron chi connectivity index (χ0n) is 11.0. The zero-order valence-corrected chi connectivity index (χ0v) is 11.0. The summed E-state index contributed by atoms with van der Waals surface area (Å²) in [5.41, 5.74) is 0. The molecule has 2 bridgehead atoms. The van der Waals surface area contributed by atoms with Crippen molar-refractivity contribution in [2.75, 3.05) is 19.8 Å². The van der Waals surface area contributed by atoms with Gasteiger partial charge in [-0.05, 0) is 56.8 Å². The van der Waals surface area contributed by atoms with Crippen molar-refractivity contribution in [3.05, 3.63) is 0 Å². The van der Waals surface area contributed by atoms with Gasteiger partial charge in [0.15, 0.2) is 6.29 Å². The fourth-order valence-corrected chi connectivity index (χ4v) is 4.37. The minimum absolute atomic E-state index is 0.0519.